The summed E-state index contributed by atoms with van der Waals surface area (Å²) in [5.41, 5.74) is 1.64. The lowest BCUT2D eigenvalue weighted by atomic mass is 10.1. The zero-order valence-electron chi connectivity index (χ0n) is 13.1. The fourth-order valence-electron chi connectivity index (χ4n) is 2.22. The number of carbonyl (C=O) groups excluding carboxylic acids is 1. The van der Waals surface area contributed by atoms with E-state index in [1.54, 1.807) is 36.4 Å². The van der Waals surface area contributed by atoms with Crippen molar-refractivity contribution in [2.45, 2.75) is 6.42 Å². The third kappa shape index (κ3) is 4.22. The van der Waals surface area contributed by atoms with E-state index in [2.05, 4.69) is 15.5 Å². The minimum absolute atomic E-state index is 0.258. The van der Waals surface area contributed by atoms with Crippen LogP contribution in [0.1, 0.15) is 21.8 Å². The maximum Gasteiger partial charge on any atom is 0.251 e. The summed E-state index contributed by atoms with van der Waals surface area (Å²) in [6.45, 7) is 0.340. The monoisotopic (exact) mass is 352 g/mol. The van der Waals surface area contributed by atoms with Gasteiger partial charge in [0.1, 0.15) is 0 Å². The molecule has 6 nitrogen and oxygen atoms in total. The van der Waals surface area contributed by atoms with Gasteiger partial charge in [0.15, 0.2) is 0 Å². The van der Waals surface area contributed by atoms with Crippen molar-refractivity contribution in [2.75, 3.05) is 6.54 Å². The van der Waals surface area contributed by atoms with E-state index >= 15 is 0 Å². The highest BCUT2D eigenvalue weighted by molar-refractivity contribution is 6.30. The van der Waals surface area contributed by atoms with Gasteiger partial charge >= 0.3 is 0 Å². The van der Waals surface area contributed by atoms with Crippen LogP contribution in [0.25, 0.3) is 11.4 Å². The molecule has 1 aromatic heterocycles. The van der Waals surface area contributed by atoms with Crippen molar-refractivity contribution in [2.24, 2.45) is 0 Å². The Morgan fingerprint density at radius 2 is 2.08 bits per heavy atom. The van der Waals surface area contributed by atoms with Gasteiger partial charge in [0.2, 0.25) is 11.7 Å². The number of nitrogens with one attached hydrogen (secondary N) is 1. The van der Waals surface area contributed by atoms with Gasteiger partial charge in [0, 0.05) is 29.1 Å². The number of rotatable bonds is 5. The smallest absolute Gasteiger partial charge is 0.251 e. The summed E-state index contributed by atoms with van der Waals surface area (Å²) in [7, 11) is 0. The number of amides is 1. The van der Waals surface area contributed by atoms with E-state index in [1.807, 2.05) is 18.2 Å². The van der Waals surface area contributed by atoms with Crippen LogP contribution in [0.3, 0.4) is 0 Å². The molecule has 7 heteroatoms. The lowest BCUT2D eigenvalue weighted by molar-refractivity contribution is 0.0953. The number of carbonyl (C=O) groups is 1. The molecule has 3 aromatic rings. The van der Waals surface area contributed by atoms with Crippen LogP contribution >= 0.6 is 11.6 Å². The maximum atomic E-state index is 12.1. The van der Waals surface area contributed by atoms with Crippen LogP contribution in [0.5, 0.6) is 0 Å². The number of aromatic nitrogens is 2. The van der Waals surface area contributed by atoms with Crippen LogP contribution in [0.2, 0.25) is 5.02 Å². The minimum atomic E-state index is -0.258. The quantitative estimate of drug-likeness (QED) is 0.761. The Bertz CT molecular complexity index is 946. The summed E-state index contributed by atoms with van der Waals surface area (Å²) in [6.07, 6.45) is 0.400. The first-order chi connectivity index (χ1) is 12.2. The van der Waals surface area contributed by atoms with Crippen LogP contribution in [0.15, 0.2) is 53.1 Å². The van der Waals surface area contributed by atoms with Gasteiger partial charge < -0.3 is 9.84 Å². The van der Waals surface area contributed by atoms with Gasteiger partial charge in [-0.25, -0.2) is 0 Å². The summed E-state index contributed by atoms with van der Waals surface area (Å²) in [6, 6.07) is 15.7. The van der Waals surface area contributed by atoms with Crippen LogP contribution in [0.4, 0.5) is 0 Å². The molecule has 0 unspecified atom stereocenters. The normalized spacial score (nSPS) is 10.2. The maximum absolute atomic E-state index is 12.1. The Hall–Kier alpha value is -3.17. The zero-order valence-corrected chi connectivity index (χ0v) is 13.8. The molecule has 2 aromatic carbocycles. The molecule has 0 saturated carbocycles. The Labute approximate surface area is 149 Å². The number of nitriles is 1. The van der Waals surface area contributed by atoms with Crippen molar-refractivity contribution in [3.63, 3.8) is 0 Å². The van der Waals surface area contributed by atoms with Gasteiger partial charge in [-0.15, -0.1) is 0 Å². The van der Waals surface area contributed by atoms with Gasteiger partial charge in [-0.1, -0.05) is 35.0 Å². The topological polar surface area (TPSA) is 91.8 Å². The molecular formula is C18H13ClN4O2. The van der Waals surface area contributed by atoms with Crippen LogP contribution in [-0.2, 0) is 6.42 Å². The first kappa shape index (κ1) is 16.7. The Kier molecular flexibility index (Phi) is 5.07. The number of nitrogens with zero attached hydrogens (tertiary/aromatic N) is 3. The predicted molar refractivity (Wildman–Crippen MR) is 91.9 cm³/mol. The number of hydrogen-bond donors (Lipinski definition) is 1. The molecule has 0 aliphatic heterocycles. The Morgan fingerprint density at radius 3 is 2.88 bits per heavy atom. The number of benzene rings is 2. The van der Waals surface area contributed by atoms with Crippen LogP contribution < -0.4 is 5.32 Å². The second kappa shape index (κ2) is 7.60. The molecule has 0 spiro atoms. The highest BCUT2D eigenvalue weighted by Crippen LogP contribution is 2.19. The van der Waals surface area contributed by atoms with E-state index in [9.17, 15) is 4.79 Å². The molecule has 0 aliphatic carbocycles. The highest BCUT2D eigenvalue weighted by atomic mass is 35.5. The first-order valence-electron chi connectivity index (χ1n) is 7.52. The van der Waals surface area contributed by atoms with Crippen molar-refractivity contribution in [3.05, 3.63) is 70.6 Å². The van der Waals surface area contributed by atoms with Crippen LogP contribution in [-0.4, -0.2) is 22.6 Å². The summed E-state index contributed by atoms with van der Waals surface area (Å²) in [5, 5.41) is 16.1. The molecule has 3 rings (SSSR count). The molecule has 0 saturated heterocycles. The lowest BCUT2D eigenvalue weighted by Gasteiger charge is -2.03. The minimum Gasteiger partial charge on any atom is -0.352 e. The van der Waals surface area contributed by atoms with Crippen molar-refractivity contribution >= 4 is 17.5 Å². The van der Waals surface area contributed by atoms with E-state index in [-0.39, 0.29) is 5.91 Å². The van der Waals surface area contributed by atoms with E-state index in [4.69, 9.17) is 21.4 Å². The molecule has 1 amide bonds. The van der Waals surface area contributed by atoms with Crippen molar-refractivity contribution in [1.82, 2.24) is 15.5 Å². The van der Waals surface area contributed by atoms with E-state index in [0.29, 0.717) is 40.8 Å². The molecule has 1 N–H and O–H groups in total. The summed E-state index contributed by atoms with van der Waals surface area (Å²) in [5.74, 6) is 0.610. The molecule has 0 bridgehead atoms. The average molecular weight is 353 g/mol. The molecule has 0 atom stereocenters. The molecule has 0 aliphatic rings. The SMILES string of the molecule is N#Cc1cccc(C(=O)NCCc2nc(-c3cccc(Cl)c3)no2)c1. The molecule has 25 heavy (non-hydrogen) atoms. The van der Waals surface area contributed by atoms with E-state index in [1.165, 1.54) is 0 Å². The molecule has 0 fully saturated rings. The lowest BCUT2D eigenvalue weighted by Crippen LogP contribution is -2.25. The van der Waals surface area contributed by atoms with Gasteiger partial charge in [-0.3, -0.25) is 4.79 Å². The standard InChI is InChI=1S/C18H13ClN4O2/c19-15-6-2-4-13(10-15)17-22-16(25-23-17)7-8-21-18(24)14-5-1-3-12(9-14)11-20/h1-6,9-10H,7-8H2,(H,21,24). The summed E-state index contributed by atoms with van der Waals surface area (Å²) >= 11 is 5.95. The van der Waals surface area contributed by atoms with Gasteiger partial charge in [0.05, 0.1) is 11.6 Å². The van der Waals surface area contributed by atoms with Crippen LogP contribution in [0, 0.1) is 11.3 Å². The van der Waals surface area contributed by atoms with E-state index < -0.39 is 0 Å². The molecule has 124 valence electrons. The number of hydrogen-bond acceptors (Lipinski definition) is 5. The zero-order chi connectivity index (χ0) is 17.6. The summed E-state index contributed by atoms with van der Waals surface area (Å²) in [4.78, 5) is 16.4. The first-order valence-corrected chi connectivity index (χ1v) is 7.90. The molecular weight excluding hydrogens is 340 g/mol. The second-order valence-corrected chi connectivity index (χ2v) is 5.66. The van der Waals surface area contributed by atoms with Gasteiger partial charge in [-0.2, -0.15) is 10.2 Å². The predicted octanol–water partition coefficient (Wildman–Crippen LogP) is 3.23. The number of halogens is 1. The Balaban J connectivity index is 1.57. The largest absolute Gasteiger partial charge is 0.352 e. The Morgan fingerprint density at radius 1 is 1.24 bits per heavy atom. The van der Waals surface area contributed by atoms with Gasteiger partial charge in [0.25, 0.3) is 5.91 Å². The summed E-state index contributed by atoms with van der Waals surface area (Å²) < 4.78 is 5.18. The molecule has 0 radical (unpaired) electrons. The molecule has 1 heterocycles. The third-order valence-corrected chi connectivity index (χ3v) is 3.66. The van der Waals surface area contributed by atoms with Crippen molar-refractivity contribution in [3.8, 4) is 17.5 Å². The average Bonchev–Trinajstić information content (AvgIpc) is 3.10. The second-order valence-electron chi connectivity index (χ2n) is 5.22. The van der Waals surface area contributed by atoms with Gasteiger partial charge in [-0.05, 0) is 30.3 Å². The fourth-order valence-corrected chi connectivity index (χ4v) is 2.41. The third-order valence-electron chi connectivity index (χ3n) is 3.43. The fraction of sp³-hybridized carbons (Fsp3) is 0.111. The van der Waals surface area contributed by atoms with Crippen molar-refractivity contribution < 1.29 is 9.32 Å². The highest BCUT2D eigenvalue weighted by Gasteiger charge is 2.10. The van der Waals surface area contributed by atoms with Crippen molar-refractivity contribution in [1.29, 1.82) is 5.26 Å². The van der Waals surface area contributed by atoms with E-state index in [0.717, 1.165) is 5.56 Å².